The second-order valence-corrected chi connectivity index (χ2v) is 4.92. The molecule has 0 aromatic heterocycles. The van der Waals surface area contributed by atoms with Crippen molar-refractivity contribution in [1.82, 2.24) is 10.6 Å². The summed E-state index contributed by atoms with van der Waals surface area (Å²) in [5, 5.41) is 19.4. The summed E-state index contributed by atoms with van der Waals surface area (Å²) in [6.07, 6.45) is 0. The fraction of sp³-hybridized carbons (Fsp3) is 0.417. The summed E-state index contributed by atoms with van der Waals surface area (Å²) < 4.78 is 0. The first-order chi connectivity index (χ1) is 9.15. The van der Waals surface area contributed by atoms with Crippen LogP contribution >= 0.6 is 0 Å². The number of carbonyl (C=O) groups is 1. The molecule has 1 saturated heterocycles. The van der Waals surface area contributed by atoms with Crippen LogP contribution in [-0.4, -0.2) is 30.1 Å². The number of benzene rings is 1. The number of anilines is 1. The highest BCUT2D eigenvalue weighted by Gasteiger charge is 2.53. The summed E-state index contributed by atoms with van der Waals surface area (Å²) in [5.74, 6) is 1.08. The maximum absolute atomic E-state index is 11.8. The van der Waals surface area contributed by atoms with Crippen LogP contribution in [0.4, 0.5) is 16.2 Å². The summed E-state index contributed by atoms with van der Waals surface area (Å²) in [6.45, 7) is 1.90. The van der Waals surface area contributed by atoms with E-state index in [0.717, 1.165) is 13.1 Å². The predicted octanol–water partition coefficient (Wildman–Crippen LogP) is 0.934. The SMILES string of the molecule is O=C(Nc1cccc([N+](=O)[O-])c1)NC1C2CNCC21. The minimum Gasteiger partial charge on any atom is -0.334 e. The molecule has 2 fully saturated rings. The van der Waals surface area contributed by atoms with Crippen molar-refractivity contribution in [2.24, 2.45) is 11.8 Å². The predicted molar refractivity (Wildman–Crippen MR) is 68.9 cm³/mol. The number of urea groups is 1. The third-order valence-electron chi connectivity index (χ3n) is 3.70. The normalized spacial score (nSPS) is 27.5. The number of rotatable bonds is 3. The highest BCUT2D eigenvalue weighted by atomic mass is 16.6. The fourth-order valence-corrected chi connectivity index (χ4v) is 2.65. The Hall–Kier alpha value is -2.15. The molecule has 1 saturated carbocycles. The van der Waals surface area contributed by atoms with Gasteiger partial charge >= 0.3 is 6.03 Å². The molecule has 1 aromatic rings. The molecule has 3 rings (SSSR count). The van der Waals surface area contributed by atoms with Gasteiger partial charge < -0.3 is 16.0 Å². The smallest absolute Gasteiger partial charge is 0.319 e. The molecule has 0 bridgehead atoms. The molecule has 7 heteroatoms. The number of piperidine rings is 1. The van der Waals surface area contributed by atoms with Crippen LogP contribution in [-0.2, 0) is 0 Å². The number of nitrogens with one attached hydrogen (secondary N) is 3. The zero-order valence-corrected chi connectivity index (χ0v) is 10.1. The highest BCUT2D eigenvalue weighted by Crippen LogP contribution is 2.41. The number of fused-ring (bicyclic) bond motifs is 1. The molecule has 0 spiro atoms. The fourth-order valence-electron chi connectivity index (χ4n) is 2.65. The molecular weight excluding hydrogens is 248 g/mol. The van der Waals surface area contributed by atoms with E-state index >= 15 is 0 Å². The molecule has 2 unspecified atom stereocenters. The van der Waals surface area contributed by atoms with Gasteiger partial charge in [0.15, 0.2) is 0 Å². The van der Waals surface area contributed by atoms with Crippen LogP contribution in [0.1, 0.15) is 0 Å². The molecular formula is C12H14N4O3. The molecule has 1 aromatic carbocycles. The van der Waals surface area contributed by atoms with Gasteiger partial charge in [0.1, 0.15) is 0 Å². The Bertz CT molecular complexity index is 523. The Morgan fingerprint density at radius 2 is 2.11 bits per heavy atom. The average Bonchev–Trinajstić information content (AvgIpc) is 2.83. The maximum Gasteiger partial charge on any atom is 0.319 e. The third-order valence-corrected chi connectivity index (χ3v) is 3.70. The summed E-state index contributed by atoms with van der Waals surface area (Å²) in [4.78, 5) is 21.9. The number of hydrogen-bond donors (Lipinski definition) is 3. The molecule has 0 radical (unpaired) electrons. The van der Waals surface area contributed by atoms with Gasteiger partial charge in [0.25, 0.3) is 5.69 Å². The standard InChI is InChI=1S/C12H14N4O3/c17-12(15-11-9-5-13-6-10(9)11)14-7-2-1-3-8(4-7)16(18)19/h1-4,9-11,13H,5-6H2,(H2,14,15,17). The Labute approximate surface area is 109 Å². The van der Waals surface area contributed by atoms with E-state index in [1.807, 2.05) is 0 Å². The Kier molecular flexibility index (Phi) is 2.83. The van der Waals surface area contributed by atoms with Crippen LogP contribution in [0.25, 0.3) is 0 Å². The van der Waals surface area contributed by atoms with Crippen molar-refractivity contribution < 1.29 is 9.72 Å². The molecule has 2 aliphatic rings. The zero-order valence-electron chi connectivity index (χ0n) is 10.1. The average molecular weight is 262 g/mol. The number of nitro benzene ring substituents is 1. The van der Waals surface area contributed by atoms with Crippen LogP contribution < -0.4 is 16.0 Å². The van der Waals surface area contributed by atoms with Crippen molar-refractivity contribution in [2.45, 2.75) is 6.04 Å². The maximum atomic E-state index is 11.8. The van der Waals surface area contributed by atoms with Gasteiger partial charge in [-0.1, -0.05) is 6.07 Å². The summed E-state index contributed by atoms with van der Waals surface area (Å²) in [6, 6.07) is 5.83. The number of carbonyl (C=O) groups excluding carboxylic acids is 1. The van der Waals surface area contributed by atoms with E-state index in [1.165, 1.54) is 12.1 Å². The Morgan fingerprint density at radius 1 is 1.37 bits per heavy atom. The van der Waals surface area contributed by atoms with E-state index in [1.54, 1.807) is 12.1 Å². The molecule has 7 nitrogen and oxygen atoms in total. The van der Waals surface area contributed by atoms with Gasteiger partial charge in [-0.2, -0.15) is 0 Å². The van der Waals surface area contributed by atoms with E-state index in [9.17, 15) is 14.9 Å². The quantitative estimate of drug-likeness (QED) is 0.557. The van der Waals surface area contributed by atoms with Crippen LogP contribution in [0.3, 0.4) is 0 Å². The molecule has 3 N–H and O–H groups in total. The summed E-state index contributed by atoms with van der Waals surface area (Å²) >= 11 is 0. The molecule has 1 heterocycles. The lowest BCUT2D eigenvalue weighted by atomic mass is 10.3. The van der Waals surface area contributed by atoms with Gasteiger partial charge in [-0.05, 0) is 17.9 Å². The Balaban J connectivity index is 1.57. The van der Waals surface area contributed by atoms with Crippen molar-refractivity contribution in [3.05, 3.63) is 34.4 Å². The number of nitrogens with zero attached hydrogens (tertiary/aromatic N) is 1. The zero-order chi connectivity index (χ0) is 13.4. The molecule has 100 valence electrons. The van der Waals surface area contributed by atoms with E-state index < -0.39 is 4.92 Å². The van der Waals surface area contributed by atoms with Gasteiger partial charge in [-0.15, -0.1) is 0 Å². The minimum absolute atomic E-state index is 0.0368. The van der Waals surface area contributed by atoms with Crippen molar-refractivity contribution in [3.63, 3.8) is 0 Å². The number of hydrogen-bond acceptors (Lipinski definition) is 4. The second kappa shape index (κ2) is 4.51. The van der Waals surface area contributed by atoms with Crippen LogP contribution in [0.5, 0.6) is 0 Å². The largest absolute Gasteiger partial charge is 0.334 e. The first kappa shape index (κ1) is 11.9. The van der Waals surface area contributed by atoms with Crippen molar-refractivity contribution in [1.29, 1.82) is 0 Å². The van der Waals surface area contributed by atoms with Gasteiger partial charge in [-0.25, -0.2) is 4.79 Å². The van der Waals surface area contributed by atoms with E-state index in [-0.39, 0.29) is 17.8 Å². The lowest BCUT2D eigenvalue weighted by molar-refractivity contribution is -0.384. The lowest BCUT2D eigenvalue weighted by Crippen LogP contribution is -2.35. The molecule has 2 amide bonds. The first-order valence-electron chi connectivity index (χ1n) is 6.18. The van der Waals surface area contributed by atoms with Crippen LogP contribution in [0.2, 0.25) is 0 Å². The van der Waals surface area contributed by atoms with Crippen LogP contribution in [0, 0.1) is 22.0 Å². The summed E-state index contributed by atoms with van der Waals surface area (Å²) in [5.41, 5.74) is 0.390. The van der Waals surface area contributed by atoms with Crippen molar-refractivity contribution >= 4 is 17.4 Å². The lowest BCUT2D eigenvalue weighted by Gasteiger charge is -2.09. The number of amides is 2. The summed E-state index contributed by atoms with van der Waals surface area (Å²) in [7, 11) is 0. The van der Waals surface area contributed by atoms with Gasteiger partial charge in [0, 0.05) is 37.0 Å². The molecule has 19 heavy (non-hydrogen) atoms. The second-order valence-electron chi connectivity index (χ2n) is 4.92. The van der Waals surface area contributed by atoms with E-state index in [2.05, 4.69) is 16.0 Å². The topological polar surface area (TPSA) is 96.3 Å². The number of non-ortho nitro benzene ring substituents is 1. The Morgan fingerprint density at radius 3 is 2.79 bits per heavy atom. The van der Waals surface area contributed by atoms with Gasteiger partial charge in [0.05, 0.1) is 4.92 Å². The molecule has 1 aliphatic heterocycles. The first-order valence-corrected chi connectivity index (χ1v) is 6.18. The van der Waals surface area contributed by atoms with E-state index in [0.29, 0.717) is 17.5 Å². The number of nitro groups is 1. The van der Waals surface area contributed by atoms with Crippen molar-refractivity contribution in [2.75, 3.05) is 18.4 Å². The monoisotopic (exact) mass is 262 g/mol. The van der Waals surface area contributed by atoms with E-state index in [4.69, 9.17) is 0 Å². The molecule has 1 aliphatic carbocycles. The molecule has 2 atom stereocenters. The van der Waals surface area contributed by atoms with Crippen molar-refractivity contribution in [3.8, 4) is 0 Å². The van der Waals surface area contributed by atoms with Crippen LogP contribution in [0.15, 0.2) is 24.3 Å². The highest BCUT2D eigenvalue weighted by molar-refractivity contribution is 5.90. The van der Waals surface area contributed by atoms with Gasteiger partial charge in [-0.3, -0.25) is 10.1 Å². The van der Waals surface area contributed by atoms with Gasteiger partial charge in [0.2, 0.25) is 0 Å². The minimum atomic E-state index is -0.486. The third kappa shape index (κ3) is 2.37.